The van der Waals surface area contributed by atoms with Gasteiger partial charge in [-0.3, -0.25) is 4.79 Å². The van der Waals surface area contributed by atoms with E-state index in [1.165, 1.54) is 38.5 Å². The maximum atomic E-state index is 13.1. The van der Waals surface area contributed by atoms with Crippen LogP contribution in [-0.4, -0.2) is 38.2 Å². The Hall–Kier alpha value is -0.840. The molecule has 136 valence electrons. The molecule has 2 heterocycles. The van der Waals surface area contributed by atoms with Gasteiger partial charge in [0.1, 0.15) is 5.82 Å². The second kappa shape index (κ2) is 5.83. The number of carbonyl (C=O) groups is 1. The Balaban J connectivity index is 1.23. The van der Waals surface area contributed by atoms with Gasteiger partial charge >= 0.3 is 0 Å². The van der Waals surface area contributed by atoms with Gasteiger partial charge in [-0.2, -0.15) is 0 Å². The Morgan fingerprint density at radius 1 is 1.24 bits per heavy atom. The van der Waals surface area contributed by atoms with Gasteiger partial charge in [-0.15, -0.1) is 0 Å². The molecule has 2 atom stereocenters. The number of likely N-dealkylation sites (tertiary alicyclic amines) is 1. The molecule has 5 fully saturated rings. The van der Waals surface area contributed by atoms with E-state index in [0.717, 1.165) is 50.0 Å². The van der Waals surface area contributed by atoms with Crippen molar-refractivity contribution >= 4 is 21.8 Å². The van der Waals surface area contributed by atoms with Crippen LogP contribution in [0, 0.1) is 17.3 Å². The van der Waals surface area contributed by atoms with Crippen molar-refractivity contribution in [3.63, 3.8) is 0 Å². The Kier molecular flexibility index (Phi) is 3.81. The molecular weight excluding hydrogens is 378 g/mol. The topological polar surface area (TPSA) is 49.0 Å². The van der Waals surface area contributed by atoms with E-state index in [1.807, 2.05) is 12.4 Å². The van der Waals surface area contributed by atoms with Crippen LogP contribution in [0.15, 0.2) is 12.4 Å². The number of nitrogens with zero attached hydrogens (tertiary/aromatic N) is 2. The van der Waals surface area contributed by atoms with Crippen molar-refractivity contribution in [3.05, 3.63) is 18.2 Å². The van der Waals surface area contributed by atoms with Gasteiger partial charge in [0.15, 0.2) is 0 Å². The lowest BCUT2D eigenvalue weighted by molar-refractivity contribution is -0.139. The van der Waals surface area contributed by atoms with Crippen LogP contribution in [-0.2, 0) is 4.79 Å². The summed E-state index contributed by atoms with van der Waals surface area (Å²) in [4.78, 5) is 22.8. The van der Waals surface area contributed by atoms with Crippen LogP contribution >= 0.6 is 15.9 Å². The monoisotopic (exact) mass is 405 g/mol. The number of alkyl halides is 1. The predicted molar refractivity (Wildman–Crippen MR) is 101 cm³/mol. The molecule has 0 spiro atoms. The fraction of sp³-hybridized carbons (Fsp3) is 0.800. The van der Waals surface area contributed by atoms with Crippen LogP contribution in [0.5, 0.6) is 0 Å². The summed E-state index contributed by atoms with van der Waals surface area (Å²) in [6.45, 7) is 1.79. The molecule has 1 amide bonds. The Bertz CT molecular complexity index is 636. The minimum atomic E-state index is 0.294. The number of halogens is 1. The third kappa shape index (κ3) is 2.96. The van der Waals surface area contributed by atoms with Crippen LogP contribution in [0.3, 0.4) is 0 Å². The van der Waals surface area contributed by atoms with E-state index in [4.69, 9.17) is 0 Å². The normalized spacial score (nSPS) is 40.6. The summed E-state index contributed by atoms with van der Waals surface area (Å²) < 4.78 is 0.351. The fourth-order valence-corrected chi connectivity index (χ4v) is 8.39. The number of imidazole rings is 1. The van der Waals surface area contributed by atoms with Gasteiger partial charge in [-0.05, 0) is 68.6 Å². The summed E-state index contributed by atoms with van der Waals surface area (Å²) in [5, 5.41) is 0. The second-order valence-electron chi connectivity index (χ2n) is 9.42. The lowest BCUT2D eigenvalue weighted by atomic mass is 9.48. The Morgan fingerprint density at radius 3 is 2.56 bits per heavy atom. The minimum absolute atomic E-state index is 0.294. The van der Waals surface area contributed by atoms with Gasteiger partial charge in [0.25, 0.3) is 0 Å². The van der Waals surface area contributed by atoms with Crippen molar-refractivity contribution < 1.29 is 4.79 Å². The minimum Gasteiger partial charge on any atom is -0.348 e. The van der Waals surface area contributed by atoms with Gasteiger partial charge in [-0.25, -0.2) is 4.98 Å². The highest BCUT2D eigenvalue weighted by atomic mass is 79.9. The predicted octanol–water partition coefficient (Wildman–Crippen LogP) is 4.24. The standard InChI is InChI=1S/C20H28BrN3O/c21-20-10-14-7-15(11-20)9-19(8-14,13-20)12-17(25)24-5-1-16(2-6-24)18-22-3-4-23-18/h3-4,14-16H,1-2,5-13H2,(H,22,23). The van der Waals surface area contributed by atoms with Crippen molar-refractivity contribution in [2.75, 3.05) is 13.1 Å². The average molecular weight is 406 g/mol. The smallest absolute Gasteiger partial charge is 0.223 e. The highest BCUT2D eigenvalue weighted by Crippen LogP contribution is 2.65. The highest BCUT2D eigenvalue weighted by Gasteiger charge is 2.57. The van der Waals surface area contributed by atoms with Crippen LogP contribution in [0.25, 0.3) is 0 Å². The zero-order valence-corrected chi connectivity index (χ0v) is 16.4. The molecule has 4 nitrogen and oxygen atoms in total. The van der Waals surface area contributed by atoms with Crippen molar-refractivity contribution in [2.24, 2.45) is 17.3 Å². The largest absolute Gasteiger partial charge is 0.348 e. The number of carbonyl (C=O) groups excluding carboxylic acids is 1. The molecule has 1 aliphatic heterocycles. The van der Waals surface area contributed by atoms with E-state index < -0.39 is 0 Å². The molecule has 4 aliphatic carbocycles. The maximum Gasteiger partial charge on any atom is 0.223 e. The lowest BCUT2D eigenvalue weighted by Crippen LogP contribution is -2.54. The van der Waals surface area contributed by atoms with Gasteiger partial charge < -0.3 is 9.88 Å². The van der Waals surface area contributed by atoms with E-state index >= 15 is 0 Å². The number of piperidine rings is 1. The molecular formula is C20H28BrN3O. The van der Waals surface area contributed by atoms with Crippen LogP contribution in [0.1, 0.15) is 69.5 Å². The number of amides is 1. The van der Waals surface area contributed by atoms with E-state index in [2.05, 4.69) is 30.8 Å². The van der Waals surface area contributed by atoms with Gasteiger partial charge in [0.2, 0.25) is 5.91 Å². The van der Waals surface area contributed by atoms with Crippen LogP contribution in [0.4, 0.5) is 0 Å². The molecule has 0 radical (unpaired) electrons. The number of hydrogen-bond acceptors (Lipinski definition) is 2. The van der Waals surface area contributed by atoms with Crippen molar-refractivity contribution in [2.45, 2.75) is 68.0 Å². The van der Waals surface area contributed by atoms with Gasteiger partial charge in [-0.1, -0.05) is 15.9 Å². The van der Waals surface area contributed by atoms with E-state index in [0.29, 0.717) is 21.6 Å². The first-order chi connectivity index (χ1) is 12.0. The number of rotatable bonds is 3. The summed E-state index contributed by atoms with van der Waals surface area (Å²) >= 11 is 4.07. The molecule has 4 saturated carbocycles. The molecule has 2 unspecified atom stereocenters. The number of aromatic amines is 1. The molecule has 1 saturated heterocycles. The third-order valence-electron chi connectivity index (χ3n) is 7.39. The fourth-order valence-electron chi connectivity index (χ4n) is 6.88. The first-order valence-corrected chi connectivity index (χ1v) is 10.8. The quantitative estimate of drug-likeness (QED) is 0.764. The maximum absolute atomic E-state index is 13.1. The van der Waals surface area contributed by atoms with Crippen LogP contribution < -0.4 is 0 Å². The number of aromatic nitrogens is 2. The summed E-state index contributed by atoms with van der Waals surface area (Å²) in [7, 11) is 0. The second-order valence-corrected chi connectivity index (χ2v) is 11.1. The molecule has 25 heavy (non-hydrogen) atoms. The molecule has 1 aromatic heterocycles. The molecule has 5 aliphatic rings. The van der Waals surface area contributed by atoms with Crippen molar-refractivity contribution in [3.8, 4) is 0 Å². The van der Waals surface area contributed by atoms with Crippen LogP contribution in [0.2, 0.25) is 0 Å². The van der Waals surface area contributed by atoms with E-state index in [1.54, 1.807) is 0 Å². The first-order valence-electron chi connectivity index (χ1n) is 9.99. The Morgan fingerprint density at radius 2 is 1.96 bits per heavy atom. The molecule has 0 aromatic carbocycles. The molecule has 4 bridgehead atoms. The molecule has 1 aromatic rings. The van der Waals surface area contributed by atoms with Gasteiger partial charge in [0.05, 0.1) is 0 Å². The molecule has 1 N–H and O–H groups in total. The number of hydrogen-bond donors (Lipinski definition) is 1. The third-order valence-corrected chi connectivity index (χ3v) is 8.32. The van der Waals surface area contributed by atoms with E-state index in [9.17, 15) is 4.79 Å². The Labute approximate surface area is 158 Å². The first kappa shape index (κ1) is 16.3. The van der Waals surface area contributed by atoms with Crippen molar-refractivity contribution in [1.82, 2.24) is 14.9 Å². The lowest BCUT2D eigenvalue weighted by Gasteiger charge is -2.60. The molecule has 6 rings (SSSR count). The van der Waals surface area contributed by atoms with E-state index in [-0.39, 0.29) is 0 Å². The zero-order valence-electron chi connectivity index (χ0n) is 14.8. The SMILES string of the molecule is O=C(CC12CC3CC(CC(Br)(C3)C1)C2)N1CCC(c2ncc[nH]2)CC1. The highest BCUT2D eigenvalue weighted by molar-refractivity contribution is 9.10. The molecule has 5 heteroatoms. The summed E-state index contributed by atoms with van der Waals surface area (Å²) in [6, 6.07) is 0. The number of H-pyrrole nitrogens is 1. The van der Waals surface area contributed by atoms with Crippen molar-refractivity contribution in [1.29, 1.82) is 0 Å². The zero-order chi connectivity index (χ0) is 17.1. The summed E-state index contributed by atoms with van der Waals surface area (Å²) in [5.74, 6) is 3.71. The summed E-state index contributed by atoms with van der Waals surface area (Å²) in [6.07, 6.45) is 14.5. The number of nitrogens with one attached hydrogen (secondary N) is 1. The van der Waals surface area contributed by atoms with Gasteiger partial charge in [0, 0.05) is 42.1 Å². The summed E-state index contributed by atoms with van der Waals surface area (Å²) in [5.41, 5.74) is 0.294. The average Bonchev–Trinajstić information content (AvgIpc) is 3.06.